The van der Waals surface area contributed by atoms with Crippen LogP contribution in [0, 0.1) is 5.92 Å². The molecule has 2 aliphatic rings. The lowest BCUT2D eigenvalue weighted by molar-refractivity contribution is -0.140. The van der Waals surface area contributed by atoms with E-state index in [4.69, 9.17) is 10.5 Å². The second-order valence-electron chi connectivity index (χ2n) is 14.0. The molecule has 20 heteroatoms. The van der Waals surface area contributed by atoms with Gasteiger partial charge in [0.05, 0.1) is 29.4 Å². The maximum atomic E-state index is 14.5. The molecular weight excluding hydrogens is 734 g/mol. The van der Waals surface area contributed by atoms with Crippen LogP contribution in [0.4, 0.5) is 8.78 Å². The van der Waals surface area contributed by atoms with Crippen LogP contribution in [0.3, 0.4) is 0 Å². The summed E-state index contributed by atoms with van der Waals surface area (Å²) in [6, 6.07) is 1.31. The summed E-state index contributed by atoms with van der Waals surface area (Å²) in [6.07, 6.45) is 6.77. The summed E-state index contributed by atoms with van der Waals surface area (Å²) in [5.41, 5.74) is 3.86. The number of ether oxygens (including phenoxy) is 1. The van der Waals surface area contributed by atoms with Gasteiger partial charge < -0.3 is 36.4 Å². The van der Waals surface area contributed by atoms with Crippen LogP contribution in [0.5, 0.6) is 0 Å². The Morgan fingerprint density at radius 1 is 1.04 bits per heavy atom. The van der Waals surface area contributed by atoms with Crippen LogP contribution in [-0.4, -0.2) is 114 Å². The molecule has 17 nitrogen and oxygen atoms in total. The maximum absolute atomic E-state index is 14.5. The Morgan fingerprint density at radius 2 is 1.72 bits per heavy atom. The van der Waals surface area contributed by atoms with Crippen LogP contribution < -0.4 is 21.7 Å². The van der Waals surface area contributed by atoms with Gasteiger partial charge in [0.2, 0.25) is 21.7 Å². The van der Waals surface area contributed by atoms with Crippen molar-refractivity contribution in [3.8, 4) is 0 Å². The number of nitrogens with one attached hydrogen (secondary N) is 3. The van der Waals surface area contributed by atoms with Gasteiger partial charge in [-0.1, -0.05) is 37.3 Å². The molecule has 0 spiro atoms. The van der Waals surface area contributed by atoms with Gasteiger partial charge in [-0.25, -0.2) is 13.1 Å². The Balaban J connectivity index is 1.52. The number of sulfone groups is 1. The standard InChI is InChI=1S/C34H48F2N8O9S/c1-34(2,50)27-19-40-42-44(27)23-18-26(30(47)39-14-16-53-15-6-13-38-31(48)28(37)45)43(20-23)32(49)25(17-21-7-4-3-5-8-21)41-29(46)22-9-11-24(12-10-22)54(51,52)33(35)36/h9-12,19,21,23,25-26,33,50H,3-8,13-18,20H2,1-2H3,(H2,37,45)(H,38,48)(H,39,47)(H,41,46)/t23-,25+,26-/m0/s1. The lowest BCUT2D eigenvalue weighted by Gasteiger charge is -2.31. The maximum Gasteiger partial charge on any atom is 0.341 e. The fourth-order valence-electron chi connectivity index (χ4n) is 6.68. The SMILES string of the molecule is CC(C)(O)c1cnnn1[C@H]1C[C@@H](C(=O)NCCOCCCNC(=O)C(N)=O)N(C(=O)[C@@H](CC2CCCCC2)NC(=O)c2ccc(S(=O)(=O)C(F)F)cc2)C1. The third kappa shape index (κ3) is 11.0. The van der Waals surface area contributed by atoms with Crippen molar-refractivity contribution < 1.29 is 51.0 Å². The van der Waals surface area contributed by atoms with E-state index in [1.165, 1.54) is 15.8 Å². The highest BCUT2D eigenvalue weighted by Gasteiger charge is 2.44. The van der Waals surface area contributed by atoms with E-state index in [0.29, 0.717) is 12.1 Å². The summed E-state index contributed by atoms with van der Waals surface area (Å²) in [6.45, 7) is 3.66. The zero-order valence-electron chi connectivity index (χ0n) is 30.2. The minimum atomic E-state index is -4.88. The zero-order chi connectivity index (χ0) is 39.6. The summed E-state index contributed by atoms with van der Waals surface area (Å²) in [4.78, 5) is 64.5. The van der Waals surface area contributed by atoms with Crippen molar-refractivity contribution in [1.82, 2.24) is 35.8 Å². The number of likely N-dealkylation sites (tertiary alicyclic amines) is 1. The van der Waals surface area contributed by atoms with Crippen molar-refractivity contribution in [3.05, 3.63) is 41.7 Å². The number of aromatic nitrogens is 3. The Kier molecular flexibility index (Phi) is 14.6. The van der Waals surface area contributed by atoms with Gasteiger partial charge in [-0.05, 0) is 56.9 Å². The highest BCUT2D eigenvalue weighted by molar-refractivity contribution is 7.91. The number of alkyl halides is 2. The Morgan fingerprint density at radius 3 is 2.35 bits per heavy atom. The van der Waals surface area contributed by atoms with Crippen LogP contribution in [0.25, 0.3) is 0 Å². The molecule has 2 heterocycles. The van der Waals surface area contributed by atoms with Crippen molar-refractivity contribution in [2.75, 3.05) is 32.8 Å². The van der Waals surface area contributed by atoms with Crippen molar-refractivity contribution >= 4 is 39.4 Å². The number of carbonyl (C=O) groups is 5. The van der Waals surface area contributed by atoms with Gasteiger partial charge in [-0.2, -0.15) is 8.78 Å². The van der Waals surface area contributed by atoms with E-state index in [1.54, 1.807) is 13.8 Å². The molecule has 0 radical (unpaired) electrons. The molecule has 1 aliphatic heterocycles. The molecule has 54 heavy (non-hydrogen) atoms. The molecule has 1 aromatic heterocycles. The number of hydrogen-bond donors (Lipinski definition) is 5. The number of nitrogens with two attached hydrogens (primary N) is 1. The van der Waals surface area contributed by atoms with E-state index in [0.717, 1.165) is 56.4 Å². The topological polar surface area (TPSA) is 245 Å². The van der Waals surface area contributed by atoms with Gasteiger partial charge in [-0.3, -0.25) is 24.0 Å². The van der Waals surface area contributed by atoms with Gasteiger partial charge in [0.15, 0.2) is 0 Å². The fourth-order valence-corrected chi connectivity index (χ4v) is 7.40. The predicted molar refractivity (Wildman–Crippen MR) is 187 cm³/mol. The average Bonchev–Trinajstić information content (AvgIpc) is 3.81. The Hall–Kier alpha value is -4.56. The Labute approximate surface area is 311 Å². The molecule has 6 N–H and O–H groups in total. The minimum absolute atomic E-state index is 0.00585. The van der Waals surface area contributed by atoms with Crippen molar-refractivity contribution in [2.45, 2.75) is 99.6 Å². The number of aliphatic hydroxyl groups is 1. The second kappa shape index (κ2) is 18.7. The van der Waals surface area contributed by atoms with Crippen LogP contribution in [0.15, 0.2) is 35.4 Å². The van der Waals surface area contributed by atoms with Crippen LogP contribution >= 0.6 is 0 Å². The van der Waals surface area contributed by atoms with Crippen molar-refractivity contribution in [3.63, 3.8) is 0 Å². The molecule has 1 saturated carbocycles. The molecule has 4 rings (SSSR count). The molecule has 2 fully saturated rings. The highest BCUT2D eigenvalue weighted by atomic mass is 32.2. The number of hydrogen-bond acceptors (Lipinski definition) is 11. The van der Waals surface area contributed by atoms with Crippen LogP contribution in [0.1, 0.15) is 87.3 Å². The molecule has 2 aromatic rings. The third-order valence-corrected chi connectivity index (χ3v) is 10.9. The molecule has 0 bridgehead atoms. The fraction of sp³-hybridized carbons (Fsp3) is 0.618. The van der Waals surface area contributed by atoms with Crippen LogP contribution in [-0.2, 0) is 39.4 Å². The number of amides is 5. The number of rotatable bonds is 17. The van der Waals surface area contributed by atoms with Gasteiger partial charge in [0, 0.05) is 38.2 Å². The van der Waals surface area contributed by atoms with E-state index in [9.17, 15) is 46.3 Å². The quantitative estimate of drug-likeness (QED) is 0.110. The molecule has 1 aliphatic carbocycles. The number of nitrogens with zero attached hydrogens (tertiary/aromatic N) is 4. The first-order chi connectivity index (χ1) is 25.5. The molecule has 1 saturated heterocycles. The summed E-state index contributed by atoms with van der Waals surface area (Å²) >= 11 is 0. The van der Waals surface area contributed by atoms with Gasteiger partial charge in [0.25, 0.3) is 5.91 Å². The Bertz CT molecular complexity index is 1750. The summed E-state index contributed by atoms with van der Waals surface area (Å²) < 4.78 is 57.0. The van der Waals surface area contributed by atoms with E-state index >= 15 is 0 Å². The van der Waals surface area contributed by atoms with Crippen LogP contribution in [0.2, 0.25) is 0 Å². The molecular formula is C34H48F2N8O9S. The lowest BCUT2D eigenvalue weighted by atomic mass is 9.84. The molecule has 3 atom stereocenters. The van der Waals surface area contributed by atoms with E-state index in [-0.39, 0.29) is 57.2 Å². The number of benzene rings is 1. The summed E-state index contributed by atoms with van der Waals surface area (Å²) in [7, 11) is -4.88. The number of primary amides is 1. The molecule has 5 amide bonds. The zero-order valence-corrected chi connectivity index (χ0v) is 31.0. The van der Waals surface area contributed by atoms with Crippen molar-refractivity contribution in [1.29, 1.82) is 0 Å². The van der Waals surface area contributed by atoms with Crippen molar-refractivity contribution in [2.24, 2.45) is 11.7 Å². The molecule has 298 valence electrons. The summed E-state index contributed by atoms with van der Waals surface area (Å²) in [5.74, 6) is -7.30. The van der Waals surface area contributed by atoms with E-state index in [1.807, 2.05) is 0 Å². The van der Waals surface area contributed by atoms with Gasteiger partial charge in [-0.15, -0.1) is 5.10 Å². The first-order valence-electron chi connectivity index (χ1n) is 17.8. The van der Waals surface area contributed by atoms with E-state index in [2.05, 4.69) is 26.3 Å². The third-order valence-electron chi connectivity index (χ3n) is 9.51. The first kappa shape index (κ1) is 42.2. The number of halogens is 2. The first-order valence-corrected chi connectivity index (χ1v) is 19.3. The molecule has 1 aromatic carbocycles. The van der Waals surface area contributed by atoms with E-state index < -0.39 is 73.8 Å². The minimum Gasteiger partial charge on any atom is -0.384 e. The highest BCUT2D eigenvalue weighted by Crippen LogP contribution is 2.33. The average molecular weight is 783 g/mol. The number of carbonyl (C=O) groups excluding carboxylic acids is 5. The monoisotopic (exact) mass is 782 g/mol. The normalized spacial score (nSPS) is 18.7. The molecule has 0 unspecified atom stereocenters. The van der Waals surface area contributed by atoms with Gasteiger partial charge in [0.1, 0.15) is 17.7 Å². The largest absolute Gasteiger partial charge is 0.384 e. The second-order valence-corrected chi connectivity index (χ2v) is 15.9. The van der Waals surface area contributed by atoms with Gasteiger partial charge >= 0.3 is 17.6 Å². The smallest absolute Gasteiger partial charge is 0.341 e. The predicted octanol–water partition coefficient (Wildman–Crippen LogP) is 0.537. The lowest BCUT2D eigenvalue weighted by Crippen LogP contribution is -2.54. The summed E-state index contributed by atoms with van der Waals surface area (Å²) in [5, 5.41) is 26.8.